The lowest BCUT2D eigenvalue weighted by Crippen LogP contribution is -2.52. The molecule has 2 heteroatoms. The van der Waals surface area contributed by atoms with Gasteiger partial charge in [-0.3, -0.25) is 0 Å². The van der Waals surface area contributed by atoms with Crippen molar-refractivity contribution < 1.29 is 0 Å². The van der Waals surface area contributed by atoms with Crippen LogP contribution in [-0.2, 0) is 0 Å². The molecule has 0 radical (unpaired) electrons. The van der Waals surface area contributed by atoms with Gasteiger partial charge in [0, 0.05) is 18.6 Å². The van der Waals surface area contributed by atoms with Crippen LogP contribution in [0, 0.1) is 11.3 Å². The molecule has 2 nitrogen and oxygen atoms in total. The number of likely N-dealkylation sites (tertiary alicyclic amines) is 1. The molecule has 0 aromatic carbocycles. The quantitative estimate of drug-likeness (QED) is 0.829. The molecule has 2 fully saturated rings. The van der Waals surface area contributed by atoms with Crippen molar-refractivity contribution in [1.82, 2.24) is 10.2 Å². The molecule has 2 rings (SSSR count). The van der Waals surface area contributed by atoms with E-state index in [9.17, 15) is 0 Å². The first-order valence-corrected chi connectivity index (χ1v) is 7.93. The summed E-state index contributed by atoms with van der Waals surface area (Å²) in [5.74, 6) is 0.849. The maximum Gasteiger partial charge on any atom is 0.0121 e. The van der Waals surface area contributed by atoms with E-state index in [1.807, 2.05) is 0 Å². The Hall–Kier alpha value is -0.0800. The molecule has 2 aliphatic rings. The Morgan fingerprint density at radius 1 is 1.17 bits per heavy atom. The van der Waals surface area contributed by atoms with Gasteiger partial charge in [0.05, 0.1) is 0 Å². The average Bonchev–Trinajstić information content (AvgIpc) is 2.31. The van der Waals surface area contributed by atoms with Crippen LogP contribution >= 0.6 is 0 Å². The molecule has 0 amide bonds. The zero-order valence-electron chi connectivity index (χ0n) is 12.8. The molecule has 1 aliphatic carbocycles. The molecule has 0 aromatic rings. The van der Waals surface area contributed by atoms with Crippen molar-refractivity contribution in [3.63, 3.8) is 0 Å². The van der Waals surface area contributed by atoms with Crippen LogP contribution in [0.5, 0.6) is 0 Å². The zero-order chi connectivity index (χ0) is 13.2. The van der Waals surface area contributed by atoms with Crippen LogP contribution in [-0.4, -0.2) is 37.1 Å². The fourth-order valence-electron chi connectivity index (χ4n) is 3.87. The van der Waals surface area contributed by atoms with Crippen LogP contribution in [0.3, 0.4) is 0 Å². The first-order valence-electron chi connectivity index (χ1n) is 7.93. The maximum absolute atomic E-state index is 3.97. The first kappa shape index (κ1) is 14.3. The number of piperidine rings is 1. The van der Waals surface area contributed by atoms with E-state index in [0.29, 0.717) is 11.5 Å². The highest BCUT2D eigenvalue weighted by Gasteiger charge is 2.34. The average molecular weight is 252 g/mol. The lowest BCUT2D eigenvalue weighted by atomic mass is 9.72. The summed E-state index contributed by atoms with van der Waals surface area (Å²) in [6.45, 7) is 9.88. The second kappa shape index (κ2) is 5.92. The van der Waals surface area contributed by atoms with Crippen LogP contribution in [0.25, 0.3) is 0 Å². The van der Waals surface area contributed by atoms with Crippen LogP contribution in [0.2, 0.25) is 0 Å². The third kappa shape index (κ3) is 3.48. The number of nitrogens with one attached hydrogen (secondary N) is 1. The van der Waals surface area contributed by atoms with Crippen molar-refractivity contribution in [3.05, 3.63) is 0 Å². The highest BCUT2D eigenvalue weighted by Crippen LogP contribution is 2.36. The minimum absolute atomic E-state index is 0.493. The van der Waals surface area contributed by atoms with Crippen molar-refractivity contribution in [2.24, 2.45) is 11.3 Å². The molecule has 0 bridgehead atoms. The van der Waals surface area contributed by atoms with Gasteiger partial charge in [-0.25, -0.2) is 0 Å². The van der Waals surface area contributed by atoms with E-state index in [0.717, 1.165) is 12.0 Å². The third-order valence-corrected chi connectivity index (χ3v) is 5.34. The van der Waals surface area contributed by atoms with E-state index < -0.39 is 0 Å². The van der Waals surface area contributed by atoms with Gasteiger partial charge < -0.3 is 10.2 Å². The van der Waals surface area contributed by atoms with Gasteiger partial charge in [0.1, 0.15) is 0 Å². The standard InChI is InChI=1S/C16H32N2/c1-13(14-8-7-11-18(4)12-14)17-15-9-5-6-10-16(15,2)3/h13-15,17H,5-12H2,1-4H3. The molecular weight excluding hydrogens is 220 g/mol. The van der Waals surface area contributed by atoms with Crippen molar-refractivity contribution in [2.45, 2.75) is 71.4 Å². The molecular formula is C16H32N2. The molecule has 1 N–H and O–H groups in total. The molecule has 106 valence electrons. The van der Waals surface area contributed by atoms with E-state index in [2.05, 4.69) is 38.0 Å². The van der Waals surface area contributed by atoms with E-state index in [1.165, 1.54) is 51.6 Å². The van der Waals surface area contributed by atoms with Crippen LogP contribution in [0.1, 0.15) is 59.3 Å². The van der Waals surface area contributed by atoms with Gasteiger partial charge in [-0.15, -0.1) is 0 Å². The number of rotatable bonds is 3. The summed E-state index contributed by atoms with van der Waals surface area (Å²) in [6.07, 6.45) is 8.39. The number of nitrogens with zero attached hydrogens (tertiary/aromatic N) is 1. The SMILES string of the molecule is CC(NC1CCCCC1(C)C)C1CCCN(C)C1. The van der Waals surface area contributed by atoms with Gasteiger partial charge in [-0.1, -0.05) is 26.7 Å². The van der Waals surface area contributed by atoms with E-state index in [1.54, 1.807) is 0 Å². The Bertz CT molecular complexity index is 262. The Morgan fingerprint density at radius 2 is 1.94 bits per heavy atom. The van der Waals surface area contributed by atoms with Gasteiger partial charge >= 0.3 is 0 Å². The molecule has 3 atom stereocenters. The minimum atomic E-state index is 0.493. The summed E-state index contributed by atoms with van der Waals surface area (Å²) < 4.78 is 0. The smallest absolute Gasteiger partial charge is 0.0121 e. The molecule has 1 saturated heterocycles. The molecule has 0 spiro atoms. The van der Waals surface area contributed by atoms with Gasteiger partial charge in [-0.2, -0.15) is 0 Å². The maximum atomic E-state index is 3.97. The molecule has 3 unspecified atom stereocenters. The van der Waals surface area contributed by atoms with Crippen molar-refractivity contribution >= 4 is 0 Å². The highest BCUT2D eigenvalue weighted by molar-refractivity contribution is 4.91. The van der Waals surface area contributed by atoms with E-state index in [4.69, 9.17) is 0 Å². The second-order valence-electron chi connectivity index (χ2n) is 7.41. The Kier molecular flexibility index (Phi) is 4.71. The van der Waals surface area contributed by atoms with Gasteiger partial charge in [0.15, 0.2) is 0 Å². The molecule has 18 heavy (non-hydrogen) atoms. The largest absolute Gasteiger partial charge is 0.311 e. The van der Waals surface area contributed by atoms with Gasteiger partial charge in [0.2, 0.25) is 0 Å². The topological polar surface area (TPSA) is 15.3 Å². The van der Waals surface area contributed by atoms with Gasteiger partial charge in [0.25, 0.3) is 0 Å². The van der Waals surface area contributed by atoms with Crippen molar-refractivity contribution in [1.29, 1.82) is 0 Å². The number of hydrogen-bond donors (Lipinski definition) is 1. The number of hydrogen-bond acceptors (Lipinski definition) is 2. The van der Waals surface area contributed by atoms with Crippen molar-refractivity contribution in [3.8, 4) is 0 Å². The van der Waals surface area contributed by atoms with Crippen LogP contribution in [0.15, 0.2) is 0 Å². The Balaban J connectivity index is 1.87. The van der Waals surface area contributed by atoms with E-state index in [-0.39, 0.29) is 0 Å². The van der Waals surface area contributed by atoms with Crippen molar-refractivity contribution in [2.75, 3.05) is 20.1 Å². The normalized spacial score (nSPS) is 35.3. The van der Waals surface area contributed by atoms with Gasteiger partial charge in [-0.05, 0) is 57.5 Å². The first-order chi connectivity index (χ1) is 8.49. The lowest BCUT2D eigenvalue weighted by Gasteiger charge is -2.43. The van der Waals surface area contributed by atoms with E-state index >= 15 is 0 Å². The fraction of sp³-hybridized carbons (Fsp3) is 1.00. The minimum Gasteiger partial charge on any atom is -0.311 e. The van der Waals surface area contributed by atoms with Crippen LogP contribution < -0.4 is 5.32 Å². The predicted octanol–water partition coefficient (Wildman–Crippen LogP) is 3.28. The zero-order valence-corrected chi connectivity index (χ0v) is 12.8. The molecule has 0 aromatic heterocycles. The van der Waals surface area contributed by atoms with Crippen LogP contribution in [0.4, 0.5) is 0 Å². The molecule has 1 aliphatic heterocycles. The Labute approximate surface area is 114 Å². The predicted molar refractivity (Wildman–Crippen MR) is 78.9 cm³/mol. The molecule has 1 saturated carbocycles. The Morgan fingerprint density at radius 3 is 2.61 bits per heavy atom. The summed E-state index contributed by atoms with van der Waals surface area (Å²) in [7, 11) is 2.27. The monoisotopic (exact) mass is 252 g/mol. The summed E-state index contributed by atoms with van der Waals surface area (Å²) in [6, 6.07) is 1.41. The summed E-state index contributed by atoms with van der Waals surface area (Å²) >= 11 is 0. The highest BCUT2D eigenvalue weighted by atomic mass is 15.1. The summed E-state index contributed by atoms with van der Waals surface area (Å²) in [5, 5.41) is 3.97. The summed E-state index contributed by atoms with van der Waals surface area (Å²) in [5.41, 5.74) is 0.493. The molecule has 1 heterocycles. The third-order valence-electron chi connectivity index (χ3n) is 5.34. The lowest BCUT2D eigenvalue weighted by molar-refractivity contribution is 0.121. The summed E-state index contributed by atoms with van der Waals surface area (Å²) in [4.78, 5) is 2.50. The fourth-order valence-corrected chi connectivity index (χ4v) is 3.87. The second-order valence-corrected chi connectivity index (χ2v) is 7.41.